The Morgan fingerprint density at radius 3 is 1.24 bits per heavy atom. The van der Waals surface area contributed by atoms with Gasteiger partial charge >= 0.3 is 0 Å². The van der Waals surface area contributed by atoms with Crippen molar-refractivity contribution in [1.29, 1.82) is 0 Å². The van der Waals surface area contributed by atoms with E-state index in [1.165, 1.54) is 48.5 Å². The van der Waals surface area contributed by atoms with Gasteiger partial charge in [-0.25, -0.2) is 8.42 Å². The van der Waals surface area contributed by atoms with Crippen LogP contribution in [0.3, 0.4) is 0 Å². The van der Waals surface area contributed by atoms with E-state index in [-0.39, 0.29) is 11.1 Å². The van der Waals surface area contributed by atoms with Crippen molar-refractivity contribution >= 4 is 43.3 Å². The van der Waals surface area contributed by atoms with E-state index in [9.17, 15) is 18.0 Å². The predicted octanol–water partition coefficient (Wildman–Crippen LogP) is 3.39. The summed E-state index contributed by atoms with van der Waals surface area (Å²) in [6.07, 6.45) is 0. The molecule has 0 saturated carbocycles. The van der Waals surface area contributed by atoms with E-state index in [1.807, 2.05) is 0 Å². The summed E-state index contributed by atoms with van der Waals surface area (Å²) in [5.74, 6) is 0. The van der Waals surface area contributed by atoms with Crippen molar-refractivity contribution in [3.05, 3.63) is 69.7 Å². The van der Waals surface area contributed by atoms with Crippen molar-refractivity contribution in [3.63, 3.8) is 0 Å². The molecule has 0 aliphatic rings. The number of carbonyl (C=O) groups excluding carboxylic acids is 2. The Labute approximate surface area is 131 Å². The van der Waals surface area contributed by atoms with Gasteiger partial charge in [-0.1, -0.05) is 23.2 Å². The van der Waals surface area contributed by atoms with Gasteiger partial charge in [0.05, 0.1) is 0 Å². The van der Waals surface area contributed by atoms with Gasteiger partial charge < -0.3 is 0 Å². The molecule has 0 fully saturated rings. The molecule has 108 valence electrons. The molecule has 0 radical (unpaired) electrons. The minimum atomic E-state index is -4.63. The molecule has 0 N–H and O–H groups in total. The Morgan fingerprint density at radius 2 is 0.952 bits per heavy atom. The molecule has 21 heavy (non-hydrogen) atoms. The maximum absolute atomic E-state index is 12.0. The highest BCUT2D eigenvalue weighted by Gasteiger charge is 2.33. The monoisotopic (exact) mass is 342 g/mol. The first-order chi connectivity index (χ1) is 9.82. The lowest BCUT2D eigenvalue weighted by Gasteiger charge is -2.03. The molecule has 0 aromatic heterocycles. The maximum atomic E-state index is 12.0. The molecular formula is C14H8Cl2O4S. The molecule has 0 aliphatic carbocycles. The van der Waals surface area contributed by atoms with Gasteiger partial charge in [0.1, 0.15) is 0 Å². The van der Waals surface area contributed by atoms with Crippen LogP contribution in [0.1, 0.15) is 20.7 Å². The highest BCUT2D eigenvalue weighted by Crippen LogP contribution is 2.17. The van der Waals surface area contributed by atoms with E-state index in [0.29, 0.717) is 10.0 Å². The Hall–Kier alpha value is -1.69. The number of hydrogen-bond donors (Lipinski definition) is 0. The first-order valence-corrected chi connectivity index (χ1v) is 7.91. The summed E-state index contributed by atoms with van der Waals surface area (Å²) < 4.78 is 24.1. The molecule has 0 heterocycles. The van der Waals surface area contributed by atoms with Crippen LogP contribution in [0.15, 0.2) is 48.5 Å². The number of carbonyl (C=O) groups is 2. The second kappa shape index (κ2) is 5.97. The summed E-state index contributed by atoms with van der Waals surface area (Å²) in [5, 5.41) is -1.82. The highest BCUT2D eigenvalue weighted by atomic mass is 35.5. The Kier molecular flexibility index (Phi) is 4.46. The van der Waals surface area contributed by atoms with Crippen molar-refractivity contribution in [2.24, 2.45) is 0 Å². The first-order valence-electron chi connectivity index (χ1n) is 5.67. The fourth-order valence-corrected chi connectivity index (χ4v) is 2.88. The van der Waals surface area contributed by atoms with Crippen molar-refractivity contribution in [2.75, 3.05) is 0 Å². The number of rotatable bonds is 2. The number of halogens is 2. The summed E-state index contributed by atoms with van der Waals surface area (Å²) in [6.45, 7) is 0. The first kappa shape index (κ1) is 15.7. The zero-order valence-corrected chi connectivity index (χ0v) is 12.7. The normalized spacial score (nSPS) is 11.1. The molecule has 2 rings (SSSR count). The molecule has 0 atom stereocenters. The van der Waals surface area contributed by atoms with E-state index in [4.69, 9.17) is 23.2 Å². The summed E-state index contributed by atoms with van der Waals surface area (Å²) in [7, 11) is -4.63. The highest BCUT2D eigenvalue weighted by molar-refractivity contribution is 8.19. The number of benzene rings is 2. The summed E-state index contributed by atoms with van der Waals surface area (Å²) in [5.41, 5.74) is -0.247. The standard InChI is InChI=1S/C14H8Cl2O4S/c15-11-5-1-9(2-6-11)13(17)21(19,20)14(18)10-3-7-12(16)8-4-10/h1-8H. The maximum Gasteiger partial charge on any atom is 0.284 e. The Bertz CT molecular complexity index is 730. The topological polar surface area (TPSA) is 68.3 Å². The summed E-state index contributed by atoms with van der Waals surface area (Å²) >= 11 is 11.3. The SMILES string of the molecule is O=C(c1ccc(Cl)cc1)S(=O)(=O)C(=O)c1ccc(Cl)cc1. The minimum absolute atomic E-state index is 0.123. The minimum Gasteiger partial charge on any atom is -0.275 e. The van der Waals surface area contributed by atoms with Crippen molar-refractivity contribution in [1.82, 2.24) is 0 Å². The third-order valence-corrected chi connectivity index (χ3v) is 4.60. The van der Waals surface area contributed by atoms with E-state index in [0.717, 1.165) is 0 Å². The van der Waals surface area contributed by atoms with Crippen LogP contribution in [-0.4, -0.2) is 18.6 Å². The number of hydrogen-bond acceptors (Lipinski definition) is 4. The molecule has 0 bridgehead atoms. The molecule has 4 nitrogen and oxygen atoms in total. The molecule has 0 unspecified atom stereocenters. The van der Waals surface area contributed by atoms with Crippen molar-refractivity contribution in [2.45, 2.75) is 0 Å². The largest absolute Gasteiger partial charge is 0.284 e. The van der Waals surface area contributed by atoms with Gasteiger partial charge in [0.2, 0.25) is 0 Å². The Balaban J connectivity index is 2.37. The zero-order chi connectivity index (χ0) is 15.6. The van der Waals surface area contributed by atoms with Gasteiger partial charge in [0.25, 0.3) is 20.1 Å². The van der Waals surface area contributed by atoms with Crippen LogP contribution in [0.5, 0.6) is 0 Å². The molecule has 0 amide bonds. The quantitative estimate of drug-likeness (QED) is 0.838. The predicted molar refractivity (Wildman–Crippen MR) is 80.5 cm³/mol. The Morgan fingerprint density at radius 1 is 0.667 bits per heavy atom. The van der Waals surface area contributed by atoms with Gasteiger partial charge in [-0.3, -0.25) is 9.59 Å². The van der Waals surface area contributed by atoms with Crippen LogP contribution < -0.4 is 0 Å². The van der Waals surface area contributed by atoms with E-state index in [2.05, 4.69) is 0 Å². The molecular weight excluding hydrogens is 335 g/mol. The van der Waals surface area contributed by atoms with Crippen LogP contribution in [0.4, 0.5) is 0 Å². The van der Waals surface area contributed by atoms with Crippen molar-refractivity contribution < 1.29 is 18.0 Å². The molecule has 2 aromatic rings. The second-order valence-corrected chi connectivity index (χ2v) is 6.71. The lowest BCUT2D eigenvalue weighted by atomic mass is 10.2. The molecule has 2 aromatic carbocycles. The second-order valence-electron chi connectivity index (χ2n) is 4.09. The summed E-state index contributed by atoms with van der Waals surface area (Å²) in [6, 6.07) is 10.5. The van der Waals surface area contributed by atoms with Gasteiger partial charge in [0.15, 0.2) is 0 Å². The molecule has 7 heteroatoms. The molecule has 0 saturated heterocycles. The third kappa shape index (κ3) is 3.32. The average Bonchev–Trinajstić information content (AvgIpc) is 2.47. The number of sulfone groups is 1. The van der Waals surface area contributed by atoms with Crippen LogP contribution in [0, 0.1) is 0 Å². The molecule has 0 aliphatic heterocycles. The average molecular weight is 343 g/mol. The molecule has 0 spiro atoms. The fourth-order valence-electron chi connectivity index (χ4n) is 1.57. The van der Waals surface area contributed by atoms with Crippen molar-refractivity contribution in [3.8, 4) is 0 Å². The van der Waals surface area contributed by atoms with E-state index >= 15 is 0 Å². The van der Waals surface area contributed by atoms with Gasteiger partial charge in [-0.15, -0.1) is 0 Å². The van der Waals surface area contributed by atoms with Gasteiger partial charge in [0, 0.05) is 21.2 Å². The fraction of sp³-hybridized carbons (Fsp3) is 0. The van der Waals surface area contributed by atoms with Crippen LogP contribution in [-0.2, 0) is 9.84 Å². The van der Waals surface area contributed by atoms with Gasteiger partial charge in [-0.2, -0.15) is 0 Å². The lowest BCUT2D eigenvalue weighted by molar-refractivity contribution is 0.104. The van der Waals surface area contributed by atoms with Crippen LogP contribution in [0.2, 0.25) is 10.0 Å². The zero-order valence-electron chi connectivity index (χ0n) is 10.4. The third-order valence-electron chi connectivity index (χ3n) is 2.65. The van der Waals surface area contributed by atoms with Gasteiger partial charge in [-0.05, 0) is 48.5 Å². The van der Waals surface area contributed by atoms with Crippen LogP contribution >= 0.6 is 23.2 Å². The smallest absolute Gasteiger partial charge is 0.275 e. The lowest BCUT2D eigenvalue weighted by Crippen LogP contribution is -2.24. The summed E-state index contributed by atoms with van der Waals surface area (Å²) in [4.78, 5) is 24.0. The van der Waals surface area contributed by atoms with Crippen LogP contribution in [0.25, 0.3) is 0 Å². The van der Waals surface area contributed by atoms with E-state index < -0.39 is 20.1 Å². The van der Waals surface area contributed by atoms with E-state index in [1.54, 1.807) is 0 Å².